The van der Waals surface area contributed by atoms with Gasteiger partial charge in [0.05, 0.1) is 0 Å². The monoisotopic (exact) mass is 219 g/mol. The van der Waals surface area contributed by atoms with Gasteiger partial charge in [-0.05, 0) is 24.5 Å². The van der Waals surface area contributed by atoms with Gasteiger partial charge in [-0.1, -0.05) is 20.8 Å². The number of amides is 1. The molecule has 0 aliphatic heterocycles. The van der Waals surface area contributed by atoms with Gasteiger partial charge in [0.15, 0.2) is 0 Å². The summed E-state index contributed by atoms with van der Waals surface area (Å²) in [6.07, 6.45) is 4.01. The van der Waals surface area contributed by atoms with Crippen LogP contribution in [0.5, 0.6) is 0 Å². The first-order valence-electron chi connectivity index (χ1n) is 5.42. The number of pyridine rings is 1. The fourth-order valence-electron chi connectivity index (χ4n) is 1.31. The largest absolute Gasteiger partial charge is 0.271 e. The van der Waals surface area contributed by atoms with Crippen LogP contribution in [0.2, 0.25) is 0 Å². The average molecular weight is 219 g/mol. The molecular formula is C12H17N3O. The van der Waals surface area contributed by atoms with E-state index in [-0.39, 0.29) is 5.91 Å². The summed E-state index contributed by atoms with van der Waals surface area (Å²) >= 11 is 0. The van der Waals surface area contributed by atoms with E-state index in [4.69, 9.17) is 0 Å². The van der Waals surface area contributed by atoms with Crippen LogP contribution in [0.3, 0.4) is 0 Å². The molecule has 1 rings (SSSR count). The zero-order valence-corrected chi connectivity index (χ0v) is 9.90. The molecule has 0 bridgehead atoms. The third-order valence-corrected chi connectivity index (χ3v) is 2.27. The molecule has 1 aromatic heterocycles. The maximum absolute atomic E-state index is 11.6. The van der Waals surface area contributed by atoms with Crippen LogP contribution in [0.4, 0.5) is 0 Å². The first-order chi connectivity index (χ1) is 7.65. The standard InChI is InChI=1S/C12H17N3O/c1-4-11(9(2)3)14-15-12(16)10-5-7-13-8-6-10/h5-9H,4H2,1-3H3,(H,15,16)/b14-11+. The molecule has 0 fully saturated rings. The lowest BCUT2D eigenvalue weighted by atomic mass is 10.1. The normalized spacial score (nSPS) is 11.6. The Balaban J connectivity index is 2.66. The second kappa shape index (κ2) is 6.00. The summed E-state index contributed by atoms with van der Waals surface area (Å²) in [5.74, 6) is 0.150. The highest BCUT2D eigenvalue weighted by atomic mass is 16.2. The minimum Gasteiger partial charge on any atom is -0.267 e. The third kappa shape index (κ3) is 3.46. The third-order valence-electron chi connectivity index (χ3n) is 2.27. The summed E-state index contributed by atoms with van der Waals surface area (Å²) in [4.78, 5) is 15.5. The molecule has 0 saturated carbocycles. The van der Waals surface area contributed by atoms with Crippen molar-refractivity contribution in [3.63, 3.8) is 0 Å². The molecule has 86 valence electrons. The second-order valence-corrected chi connectivity index (χ2v) is 3.79. The molecule has 4 heteroatoms. The van der Waals surface area contributed by atoms with Crippen molar-refractivity contribution in [3.05, 3.63) is 30.1 Å². The smallest absolute Gasteiger partial charge is 0.267 e. The van der Waals surface area contributed by atoms with Gasteiger partial charge in [0.25, 0.3) is 5.91 Å². The molecule has 1 amide bonds. The van der Waals surface area contributed by atoms with Crippen molar-refractivity contribution in [2.45, 2.75) is 27.2 Å². The van der Waals surface area contributed by atoms with Crippen LogP contribution in [-0.4, -0.2) is 16.6 Å². The summed E-state index contributed by atoms with van der Waals surface area (Å²) in [7, 11) is 0. The number of carbonyl (C=O) groups excluding carboxylic acids is 1. The predicted octanol–water partition coefficient (Wildman–Crippen LogP) is 2.23. The van der Waals surface area contributed by atoms with E-state index in [1.165, 1.54) is 0 Å². The topological polar surface area (TPSA) is 54.4 Å². The number of aromatic nitrogens is 1. The maximum atomic E-state index is 11.6. The van der Waals surface area contributed by atoms with Crippen LogP contribution in [0, 0.1) is 5.92 Å². The predicted molar refractivity (Wildman–Crippen MR) is 64.3 cm³/mol. The maximum Gasteiger partial charge on any atom is 0.271 e. The van der Waals surface area contributed by atoms with Gasteiger partial charge in [0.2, 0.25) is 0 Å². The molecule has 0 saturated heterocycles. The van der Waals surface area contributed by atoms with Crippen LogP contribution in [0.25, 0.3) is 0 Å². The molecule has 0 aliphatic rings. The van der Waals surface area contributed by atoms with E-state index in [1.54, 1.807) is 24.5 Å². The minimum absolute atomic E-state index is 0.200. The van der Waals surface area contributed by atoms with Crippen molar-refractivity contribution >= 4 is 11.6 Å². The first-order valence-corrected chi connectivity index (χ1v) is 5.42. The molecule has 1 N–H and O–H groups in total. The summed E-state index contributed by atoms with van der Waals surface area (Å²) in [6, 6.07) is 3.32. The Bertz CT molecular complexity index is 371. The number of rotatable bonds is 4. The van der Waals surface area contributed by atoms with Gasteiger partial charge in [-0.25, -0.2) is 5.43 Å². The fraction of sp³-hybridized carbons (Fsp3) is 0.417. The fourth-order valence-corrected chi connectivity index (χ4v) is 1.31. The molecular weight excluding hydrogens is 202 g/mol. The Morgan fingerprint density at radius 2 is 2.06 bits per heavy atom. The van der Waals surface area contributed by atoms with Gasteiger partial charge in [0, 0.05) is 23.7 Å². The number of hydrazone groups is 1. The molecule has 16 heavy (non-hydrogen) atoms. The Morgan fingerprint density at radius 1 is 1.44 bits per heavy atom. The summed E-state index contributed by atoms with van der Waals surface area (Å²) in [6.45, 7) is 6.14. The van der Waals surface area contributed by atoms with Crippen LogP contribution in [0.15, 0.2) is 29.6 Å². The molecule has 0 radical (unpaired) electrons. The molecule has 0 spiro atoms. The highest BCUT2D eigenvalue weighted by Crippen LogP contribution is 2.01. The zero-order valence-electron chi connectivity index (χ0n) is 9.90. The lowest BCUT2D eigenvalue weighted by Gasteiger charge is -2.07. The van der Waals surface area contributed by atoms with E-state index in [0.29, 0.717) is 11.5 Å². The number of nitrogens with zero attached hydrogens (tertiary/aromatic N) is 2. The van der Waals surface area contributed by atoms with Crippen LogP contribution in [-0.2, 0) is 0 Å². The van der Waals surface area contributed by atoms with Crippen molar-refractivity contribution in [1.82, 2.24) is 10.4 Å². The second-order valence-electron chi connectivity index (χ2n) is 3.79. The SMILES string of the molecule is CC/C(=N\NC(=O)c1ccncc1)C(C)C. The molecule has 0 unspecified atom stereocenters. The van der Waals surface area contributed by atoms with Crippen LogP contribution < -0.4 is 5.43 Å². The Morgan fingerprint density at radius 3 is 2.56 bits per heavy atom. The molecule has 4 nitrogen and oxygen atoms in total. The highest BCUT2D eigenvalue weighted by molar-refractivity contribution is 5.95. The Hall–Kier alpha value is -1.71. The summed E-state index contributed by atoms with van der Waals surface area (Å²) in [5, 5.41) is 4.11. The van der Waals surface area contributed by atoms with E-state index in [9.17, 15) is 4.79 Å². The zero-order chi connectivity index (χ0) is 12.0. The molecule has 0 aromatic carbocycles. The summed E-state index contributed by atoms with van der Waals surface area (Å²) in [5.41, 5.74) is 4.11. The number of nitrogens with one attached hydrogen (secondary N) is 1. The number of hydrogen-bond acceptors (Lipinski definition) is 3. The van der Waals surface area contributed by atoms with Crippen molar-refractivity contribution in [2.75, 3.05) is 0 Å². The van der Waals surface area contributed by atoms with Crippen molar-refractivity contribution < 1.29 is 4.79 Å². The van der Waals surface area contributed by atoms with E-state index >= 15 is 0 Å². The minimum atomic E-state index is -0.200. The van der Waals surface area contributed by atoms with E-state index < -0.39 is 0 Å². The van der Waals surface area contributed by atoms with Gasteiger partial charge in [-0.2, -0.15) is 5.10 Å². The molecule has 0 aliphatic carbocycles. The Kier molecular flexibility index (Phi) is 4.64. The van der Waals surface area contributed by atoms with Crippen LogP contribution >= 0.6 is 0 Å². The van der Waals surface area contributed by atoms with Crippen molar-refractivity contribution in [1.29, 1.82) is 0 Å². The highest BCUT2D eigenvalue weighted by Gasteiger charge is 2.05. The number of carbonyl (C=O) groups is 1. The number of hydrogen-bond donors (Lipinski definition) is 1. The van der Waals surface area contributed by atoms with E-state index in [1.807, 2.05) is 6.92 Å². The average Bonchev–Trinajstić information content (AvgIpc) is 2.30. The van der Waals surface area contributed by atoms with Crippen molar-refractivity contribution in [3.8, 4) is 0 Å². The lowest BCUT2D eigenvalue weighted by Crippen LogP contribution is -2.21. The van der Waals surface area contributed by atoms with E-state index in [0.717, 1.165) is 12.1 Å². The first kappa shape index (κ1) is 12.4. The van der Waals surface area contributed by atoms with E-state index in [2.05, 4.69) is 29.4 Å². The van der Waals surface area contributed by atoms with Crippen molar-refractivity contribution in [2.24, 2.45) is 11.0 Å². The van der Waals surface area contributed by atoms with Gasteiger partial charge in [-0.15, -0.1) is 0 Å². The molecule has 1 aromatic rings. The lowest BCUT2D eigenvalue weighted by molar-refractivity contribution is 0.0954. The van der Waals surface area contributed by atoms with Gasteiger partial charge in [-0.3, -0.25) is 9.78 Å². The van der Waals surface area contributed by atoms with Gasteiger partial charge in [0.1, 0.15) is 0 Å². The summed E-state index contributed by atoms with van der Waals surface area (Å²) < 4.78 is 0. The quantitative estimate of drug-likeness (QED) is 0.623. The molecule has 0 atom stereocenters. The molecule has 1 heterocycles. The Labute approximate surface area is 95.8 Å². The van der Waals surface area contributed by atoms with Crippen LogP contribution in [0.1, 0.15) is 37.6 Å². The van der Waals surface area contributed by atoms with Gasteiger partial charge < -0.3 is 0 Å². The van der Waals surface area contributed by atoms with Gasteiger partial charge >= 0.3 is 0 Å².